The number of aliphatic hydroxyl groups excluding tert-OH is 2. The number of benzene rings is 1. The number of fused-ring (bicyclic) bond motifs is 1. The van der Waals surface area contributed by atoms with Crippen molar-refractivity contribution in [3.8, 4) is 0 Å². The minimum atomic E-state index is -0.368. The second kappa shape index (κ2) is 4.73. The van der Waals surface area contributed by atoms with Gasteiger partial charge < -0.3 is 20.5 Å². The number of rotatable bonds is 4. The van der Waals surface area contributed by atoms with Gasteiger partial charge in [0.2, 0.25) is 0 Å². The summed E-state index contributed by atoms with van der Waals surface area (Å²) in [6.07, 6.45) is 0.260. The Bertz CT molecular complexity index is 520. The van der Waals surface area contributed by atoms with Gasteiger partial charge in [-0.2, -0.15) is 0 Å². The van der Waals surface area contributed by atoms with E-state index in [2.05, 4.69) is 4.98 Å². The molecule has 1 atom stereocenters. The normalized spacial score (nSPS) is 13.1. The molecule has 0 aliphatic carbocycles. The fraction of sp³-hybridized carbons (Fsp3) is 0.417. The number of nitrogen functional groups attached to an aromatic ring is 1. The Hall–Kier alpha value is -1.59. The summed E-state index contributed by atoms with van der Waals surface area (Å²) in [6.45, 7) is 2.26. The van der Waals surface area contributed by atoms with E-state index in [1.54, 1.807) is 13.0 Å². The first-order chi connectivity index (χ1) is 8.11. The third kappa shape index (κ3) is 2.40. The zero-order valence-electron chi connectivity index (χ0n) is 9.80. The van der Waals surface area contributed by atoms with Gasteiger partial charge in [0, 0.05) is 12.2 Å². The minimum Gasteiger partial charge on any atom is -0.399 e. The van der Waals surface area contributed by atoms with Crippen molar-refractivity contribution in [2.24, 2.45) is 0 Å². The quantitative estimate of drug-likeness (QED) is 0.687. The Balaban J connectivity index is 2.43. The van der Waals surface area contributed by atoms with Gasteiger partial charge in [0.15, 0.2) is 0 Å². The van der Waals surface area contributed by atoms with Crippen LogP contribution < -0.4 is 5.73 Å². The van der Waals surface area contributed by atoms with Crippen LogP contribution in [0.4, 0.5) is 5.69 Å². The number of aliphatic hydroxyl groups is 2. The van der Waals surface area contributed by atoms with Gasteiger partial charge in [-0.3, -0.25) is 0 Å². The van der Waals surface area contributed by atoms with E-state index in [1.807, 2.05) is 16.7 Å². The largest absolute Gasteiger partial charge is 0.399 e. The molecule has 2 rings (SSSR count). The highest BCUT2D eigenvalue weighted by Crippen LogP contribution is 2.19. The molecule has 0 saturated carbocycles. The van der Waals surface area contributed by atoms with E-state index in [4.69, 9.17) is 5.73 Å². The molecule has 0 spiro atoms. The fourth-order valence-electron chi connectivity index (χ4n) is 1.88. The van der Waals surface area contributed by atoms with E-state index in [1.165, 1.54) is 0 Å². The third-order valence-corrected chi connectivity index (χ3v) is 2.76. The number of hydrogen-bond donors (Lipinski definition) is 3. The van der Waals surface area contributed by atoms with Crippen molar-refractivity contribution in [3.05, 3.63) is 24.0 Å². The maximum Gasteiger partial charge on any atom is 0.135 e. The van der Waals surface area contributed by atoms with Crippen LogP contribution in [0.1, 0.15) is 19.2 Å². The highest BCUT2D eigenvalue weighted by Gasteiger charge is 2.10. The molecular formula is C12H17N3O2. The minimum absolute atomic E-state index is 0.117. The molecular weight excluding hydrogens is 218 g/mol. The van der Waals surface area contributed by atoms with Crippen molar-refractivity contribution in [1.29, 1.82) is 0 Å². The molecule has 2 aromatic rings. The summed E-state index contributed by atoms with van der Waals surface area (Å²) in [4.78, 5) is 4.32. The molecule has 0 aliphatic heterocycles. The predicted octanol–water partition coefficient (Wildman–Crippen LogP) is 0.882. The maximum atomic E-state index is 9.31. The van der Waals surface area contributed by atoms with Crippen molar-refractivity contribution < 1.29 is 10.2 Å². The molecule has 0 saturated heterocycles. The first-order valence-corrected chi connectivity index (χ1v) is 5.65. The van der Waals surface area contributed by atoms with Crippen LogP contribution in [0.15, 0.2) is 18.2 Å². The summed E-state index contributed by atoms with van der Waals surface area (Å²) in [6, 6.07) is 5.48. The van der Waals surface area contributed by atoms with Crippen molar-refractivity contribution >= 4 is 16.7 Å². The lowest BCUT2D eigenvalue weighted by atomic mass is 10.2. The molecule has 92 valence electrons. The molecule has 1 unspecified atom stereocenters. The van der Waals surface area contributed by atoms with Crippen LogP contribution in [-0.4, -0.2) is 25.9 Å². The second-order valence-corrected chi connectivity index (χ2v) is 4.22. The van der Waals surface area contributed by atoms with Crippen LogP contribution >= 0.6 is 0 Å². The number of hydrogen-bond acceptors (Lipinski definition) is 4. The second-order valence-electron chi connectivity index (χ2n) is 4.22. The molecule has 5 nitrogen and oxygen atoms in total. The molecule has 5 heteroatoms. The molecule has 0 amide bonds. The number of anilines is 1. The van der Waals surface area contributed by atoms with Crippen LogP contribution in [0.25, 0.3) is 11.0 Å². The molecule has 17 heavy (non-hydrogen) atoms. The molecule has 0 bridgehead atoms. The molecule has 1 aromatic carbocycles. The van der Waals surface area contributed by atoms with Crippen LogP contribution in [0.3, 0.4) is 0 Å². The lowest BCUT2D eigenvalue weighted by Gasteiger charge is -2.09. The number of aryl methyl sites for hydroxylation is 1. The van der Waals surface area contributed by atoms with Crippen LogP contribution in [-0.2, 0) is 13.2 Å². The molecule has 0 fully saturated rings. The number of imidazole rings is 1. The number of nitrogens with zero attached hydrogens (tertiary/aromatic N) is 2. The van der Waals surface area contributed by atoms with Gasteiger partial charge in [-0.05, 0) is 31.5 Å². The SMILES string of the molecule is CC(O)CCn1c(CO)nc2cc(N)ccc21. The summed E-state index contributed by atoms with van der Waals surface area (Å²) in [7, 11) is 0. The van der Waals surface area contributed by atoms with E-state index < -0.39 is 0 Å². The Kier molecular flexibility index (Phi) is 3.31. The van der Waals surface area contributed by atoms with Gasteiger partial charge in [0.05, 0.1) is 17.1 Å². The summed E-state index contributed by atoms with van der Waals surface area (Å²) in [5.41, 5.74) is 8.06. The molecule has 0 radical (unpaired) electrons. The van der Waals surface area contributed by atoms with Gasteiger partial charge in [-0.15, -0.1) is 0 Å². The van der Waals surface area contributed by atoms with E-state index in [9.17, 15) is 10.2 Å². The van der Waals surface area contributed by atoms with Crippen molar-refractivity contribution in [3.63, 3.8) is 0 Å². The highest BCUT2D eigenvalue weighted by atomic mass is 16.3. The Morgan fingerprint density at radius 1 is 1.47 bits per heavy atom. The van der Waals surface area contributed by atoms with Crippen molar-refractivity contribution in [2.75, 3.05) is 5.73 Å². The van der Waals surface area contributed by atoms with Gasteiger partial charge in [-0.1, -0.05) is 0 Å². The number of aromatic nitrogens is 2. The average Bonchev–Trinajstić information content (AvgIpc) is 2.63. The van der Waals surface area contributed by atoms with E-state index in [-0.39, 0.29) is 12.7 Å². The van der Waals surface area contributed by atoms with Crippen LogP contribution in [0, 0.1) is 0 Å². The van der Waals surface area contributed by atoms with E-state index >= 15 is 0 Å². The van der Waals surface area contributed by atoms with Gasteiger partial charge in [-0.25, -0.2) is 4.98 Å². The van der Waals surface area contributed by atoms with Gasteiger partial charge >= 0.3 is 0 Å². The first-order valence-electron chi connectivity index (χ1n) is 5.65. The Labute approximate surface area is 99.5 Å². The highest BCUT2D eigenvalue weighted by molar-refractivity contribution is 5.79. The summed E-state index contributed by atoms with van der Waals surface area (Å²) in [5.74, 6) is 0.603. The first kappa shape index (κ1) is 11.9. The lowest BCUT2D eigenvalue weighted by molar-refractivity contribution is 0.176. The van der Waals surface area contributed by atoms with Crippen LogP contribution in [0.5, 0.6) is 0 Å². The third-order valence-electron chi connectivity index (χ3n) is 2.76. The lowest BCUT2D eigenvalue weighted by Crippen LogP contribution is -2.09. The van der Waals surface area contributed by atoms with Crippen molar-refractivity contribution in [1.82, 2.24) is 9.55 Å². The zero-order chi connectivity index (χ0) is 12.4. The molecule has 1 heterocycles. The maximum absolute atomic E-state index is 9.31. The van der Waals surface area contributed by atoms with Crippen LogP contribution in [0.2, 0.25) is 0 Å². The number of nitrogens with two attached hydrogens (primary N) is 1. The Morgan fingerprint density at radius 3 is 2.88 bits per heavy atom. The van der Waals surface area contributed by atoms with Gasteiger partial charge in [0.1, 0.15) is 12.4 Å². The average molecular weight is 235 g/mol. The van der Waals surface area contributed by atoms with E-state index in [0.717, 1.165) is 11.0 Å². The van der Waals surface area contributed by atoms with Gasteiger partial charge in [0.25, 0.3) is 0 Å². The fourth-order valence-corrected chi connectivity index (χ4v) is 1.88. The summed E-state index contributed by atoms with van der Waals surface area (Å²) in [5, 5.41) is 18.6. The molecule has 1 aromatic heterocycles. The van der Waals surface area contributed by atoms with E-state index in [0.29, 0.717) is 24.5 Å². The zero-order valence-corrected chi connectivity index (χ0v) is 9.80. The Morgan fingerprint density at radius 2 is 2.24 bits per heavy atom. The smallest absolute Gasteiger partial charge is 0.135 e. The summed E-state index contributed by atoms with van der Waals surface area (Å²) < 4.78 is 1.92. The monoisotopic (exact) mass is 235 g/mol. The standard InChI is InChI=1S/C12H17N3O2/c1-8(17)4-5-15-11-3-2-9(13)6-10(11)14-12(15)7-16/h2-3,6,8,16-17H,4-5,7,13H2,1H3. The predicted molar refractivity (Wildman–Crippen MR) is 66.4 cm³/mol. The van der Waals surface area contributed by atoms with Crippen molar-refractivity contribution in [2.45, 2.75) is 32.6 Å². The topological polar surface area (TPSA) is 84.3 Å². The summed E-state index contributed by atoms with van der Waals surface area (Å²) >= 11 is 0. The molecule has 0 aliphatic rings. The molecule has 4 N–H and O–H groups in total.